The lowest BCUT2D eigenvalue weighted by molar-refractivity contribution is 0.373. The molecule has 3 aromatic rings. The number of benzene rings is 2. The third-order valence-corrected chi connectivity index (χ3v) is 7.81. The van der Waals surface area contributed by atoms with Gasteiger partial charge in [-0.1, -0.05) is 43.1 Å². The summed E-state index contributed by atoms with van der Waals surface area (Å²) in [7, 11) is -3.77. The van der Waals surface area contributed by atoms with Crippen LogP contribution < -0.4 is 9.62 Å². The highest BCUT2D eigenvalue weighted by atomic mass is 35.5. The molecule has 1 fully saturated rings. The van der Waals surface area contributed by atoms with Crippen molar-refractivity contribution in [2.75, 3.05) is 23.9 Å². The molecule has 0 saturated carbocycles. The standard InChI is InChI=1S/C23H28ClN5O2S/c1-2-3-14-29(32(30,31)20-9-5-4-6-10-20)22-12-11-18(24)15-21(22)23-27-26-17-28(23)19-8-7-13-25-16-19/h4-6,9-12,15,17,19,25H,2-3,7-8,13-14,16H2,1H3. The molecule has 0 radical (unpaired) electrons. The lowest BCUT2D eigenvalue weighted by atomic mass is 10.1. The molecule has 4 rings (SSSR count). The van der Waals surface area contributed by atoms with Crippen molar-refractivity contribution < 1.29 is 8.42 Å². The number of rotatable bonds is 8. The first kappa shape index (κ1) is 22.8. The van der Waals surface area contributed by atoms with Crippen LogP contribution in [0.25, 0.3) is 11.4 Å². The molecule has 0 bridgehead atoms. The summed E-state index contributed by atoms with van der Waals surface area (Å²) in [5.41, 5.74) is 1.22. The monoisotopic (exact) mass is 473 g/mol. The highest BCUT2D eigenvalue weighted by molar-refractivity contribution is 7.92. The summed E-state index contributed by atoms with van der Waals surface area (Å²) in [5, 5.41) is 12.5. The van der Waals surface area contributed by atoms with Crippen LogP contribution in [0.4, 0.5) is 5.69 Å². The maximum absolute atomic E-state index is 13.7. The first-order valence-electron chi connectivity index (χ1n) is 11.0. The minimum atomic E-state index is -3.77. The Morgan fingerprint density at radius 1 is 1.22 bits per heavy atom. The Kier molecular flexibility index (Phi) is 7.13. The van der Waals surface area contributed by atoms with E-state index in [4.69, 9.17) is 11.6 Å². The number of hydrogen-bond donors (Lipinski definition) is 1. The first-order valence-corrected chi connectivity index (χ1v) is 12.8. The van der Waals surface area contributed by atoms with Gasteiger partial charge in [-0.15, -0.1) is 10.2 Å². The van der Waals surface area contributed by atoms with Crippen molar-refractivity contribution in [2.24, 2.45) is 0 Å². The topological polar surface area (TPSA) is 80.1 Å². The number of aromatic nitrogens is 3. The Balaban J connectivity index is 1.84. The van der Waals surface area contributed by atoms with Crippen molar-refractivity contribution in [1.82, 2.24) is 20.1 Å². The maximum atomic E-state index is 13.7. The zero-order valence-corrected chi connectivity index (χ0v) is 19.7. The lowest BCUT2D eigenvalue weighted by Gasteiger charge is -2.28. The number of nitrogens with one attached hydrogen (secondary N) is 1. The van der Waals surface area contributed by atoms with Crippen molar-refractivity contribution in [3.63, 3.8) is 0 Å². The van der Waals surface area contributed by atoms with Gasteiger partial charge in [0, 0.05) is 29.7 Å². The van der Waals surface area contributed by atoms with Crippen LogP contribution in [0.3, 0.4) is 0 Å². The van der Waals surface area contributed by atoms with E-state index in [1.54, 1.807) is 48.8 Å². The van der Waals surface area contributed by atoms with Gasteiger partial charge >= 0.3 is 0 Å². The summed E-state index contributed by atoms with van der Waals surface area (Å²) in [4.78, 5) is 0.259. The predicted octanol–water partition coefficient (Wildman–Crippen LogP) is 4.52. The van der Waals surface area contributed by atoms with Crippen molar-refractivity contribution in [3.8, 4) is 11.4 Å². The van der Waals surface area contributed by atoms with E-state index in [1.165, 1.54) is 4.31 Å². The van der Waals surface area contributed by atoms with E-state index in [0.717, 1.165) is 38.8 Å². The molecule has 0 spiro atoms. The third kappa shape index (κ3) is 4.67. The molecule has 170 valence electrons. The van der Waals surface area contributed by atoms with E-state index in [1.807, 2.05) is 17.6 Å². The molecule has 1 aliphatic rings. The summed E-state index contributed by atoms with van der Waals surface area (Å²) < 4.78 is 30.9. The van der Waals surface area contributed by atoms with Crippen molar-refractivity contribution >= 4 is 27.3 Å². The Morgan fingerprint density at radius 3 is 2.75 bits per heavy atom. The smallest absolute Gasteiger partial charge is 0.264 e. The molecule has 0 aliphatic carbocycles. The van der Waals surface area contributed by atoms with E-state index in [-0.39, 0.29) is 10.9 Å². The van der Waals surface area contributed by atoms with Crippen LogP contribution >= 0.6 is 11.6 Å². The summed E-state index contributed by atoms with van der Waals surface area (Å²) in [6.07, 6.45) is 5.40. The Morgan fingerprint density at radius 2 is 2.03 bits per heavy atom. The van der Waals surface area contributed by atoms with Gasteiger partial charge in [0.15, 0.2) is 5.82 Å². The van der Waals surface area contributed by atoms with E-state index in [0.29, 0.717) is 28.6 Å². The lowest BCUT2D eigenvalue weighted by Crippen LogP contribution is -2.33. The SMILES string of the molecule is CCCCN(c1ccc(Cl)cc1-c1nncn1C1CCCNC1)S(=O)(=O)c1ccccc1. The summed E-state index contributed by atoms with van der Waals surface area (Å²) in [5.74, 6) is 0.626. The van der Waals surface area contributed by atoms with Crippen LogP contribution in [-0.2, 0) is 10.0 Å². The number of halogens is 1. The van der Waals surface area contributed by atoms with E-state index in [2.05, 4.69) is 15.5 Å². The van der Waals surface area contributed by atoms with Gasteiger partial charge in [0.2, 0.25) is 0 Å². The molecule has 2 heterocycles. The second-order valence-electron chi connectivity index (χ2n) is 7.97. The average Bonchev–Trinajstić information content (AvgIpc) is 3.31. The molecule has 0 amide bonds. The summed E-state index contributed by atoms with van der Waals surface area (Å²) in [6.45, 7) is 4.23. The first-order chi connectivity index (χ1) is 15.5. The van der Waals surface area contributed by atoms with Crippen LogP contribution in [0, 0.1) is 0 Å². The third-order valence-electron chi connectivity index (χ3n) is 5.75. The second-order valence-corrected chi connectivity index (χ2v) is 10.3. The van der Waals surface area contributed by atoms with Crippen LogP contribution in [0.15, 0.2) is 59.8 Å². The molecule has 1 aliphatic heterocycles. The van der Waals surface area contributed by atoms with Crippen LogP contribution in [0.5, 0.6) is 0 Å². The van der Waals surface area contributed by atoms with E-state index >= 15 is 0 Å². The van der Waals surface area contributed by atoms with Gasteiger partial charge < -0.3 is 9.88 Å². The van der Waals surface area contributed by atoms with Gasteiger partial charge in [0.1, 0.15) is 6.33 Å². The minimum absolute atomic E-state index is 0.204. The van der Waals surface area contributed by atoms with Crippen LogP contribution in [0.1, 0.15) is 38.6 Å². The second kappa shape index (κ2) is 10.0. The van der Waals surface area contributed by atoms with E-state index < -0.39 is 10.0 Å². The van der Waals surface area contributed by atoms with E-state index in [9.17, 15) is 8.42 Å². The molecule has 7 nitrogen and oxygen atoms in total. The number of sulfonamides is 1. The molecular formula is C23H28ClN5O2S. The molecule has 32 heavy (non-hydrogen) atoms. The molecule has 1 atom stereocenters. The predicted molar refractivity (Wildman–Crippen MR) is 127 cm³/mol. The quantitative estimate of drug-likeness (QED) is 0.520. The molecule has 2 aromatic carbocycles. The molecule has 1 unspecified atom stereocenters. The number of unbranched alkanes of at least 4 members (excludes halogenated alkanes) is 1. The van der Waals surface area contributed by atoms with Crippen LogP contribution in [0.2, 0.25) is 5.02 Å². The average molecular weight is 474 g/mol. The van der Waals surface area contributed by atoms with Crippen LogP contribution in [-0.4, -0.2) is 42.8 Å². The van der Waals surface area contributed by atoms with Gasteiger partial charge in [-0.3, -0.25) is 4.31 Å². The fourth-order valence-electron chi connectivity index (χ4n) is 4.07. The van der Waals surface area contributed by atoms with Crippen molar-refractivity contribution in [2.45, 2.75) is 43.5 Å². The Labute approximate surface area is 194 Å². The minimum Gasteiger partial charge on any atom is -0.315 e. The van der Waals surface area contributed by atoms with Crippen molar-refractivity contribution in [3.05, 3.63) is 59.9 Å². The fourth-order valence-corrected chi connectivity index (χ4v) is 5.79. The number of hydrogen-bond acceptors (Lipinski definition) is 5. The Hall–Kier alpha value is -2.42. The zero-order valence-electron chi connectivity index (χ0n) is 18.1. The molecule has 9 heteroatoms. The maximum Gasteiger partial charge on any atom is 0.264 e. The number of anilines is 1. The van der Waals surface area contributed by atoms with Gasteiger partial charge in [-0.2, -0.15) is 0 Å². The zero-order chi connectivity index (χ0) is 22.6. The van der Waals surface area contributed by atoms with Gasteiger partial charge in [-0.05, 0) is 56.1 Å². The molecular weight excluding hydrogens is 446 g/mol. The highest BCUT2D eigenvalue weighted by Crippen LogP contribution is 2.37. The molecule has 1 aromatic heterocycles. The van der Waals surface area contributed by atoms with Gasteiger partial charge in [0.25, 0.3) is 10.0 Å². The van der Waals surface area contributed by atoms with Gasteiger partial charge in [0.05, 0.1) is 10.6 Å². The normalized spacial score (nSPS) is 16.8. The largest absolute Gasteiger partial charge is 0.315 e. The summed E-state index contributed by atoms with van der Waals surface area (Å²) >= 11 is 6.37. The Bertz CT molecular complexity index is 1140. The highest BCUT2D eigenvalue weighted by Gasteiger charge is 2.29. The summed E-state index contributed by atoms with van der Waals surface area (Å²) in [6, 6.07) is 14.0. The fraction of sp³-hybridized carbons (Fsp3) is 0.391. The molecule has 1 saturated heterocycles. The number of piperidine rings is 1. The number of nitrogens with zero attached hydrogens (tertiary/aromatic N) is 4. The van der Waals surface area contributed by atoms with Gasteiger partial charge in [-0.25, -0.2) is 8.42 Å². The van der Waals surface area contributed by atoms with Crippen molar-refractivity contribution in [1.29, 1.82) is 0 Å². The molecule has 1 N–H and O–H groups in total.